The van der Waals surface area contributed by atoms with Crippen molar-refractivity contribution in [2.45, 2.75) is 6.92 Å². The molecule has 0 fully saturated rings. The Labute approximate surface area is 92.2 Å². The van der Waals surface area contributed by atoms with E-state index >= 15 is 0 Å². The van der Waals surface area contributed by atoms with Gasteiger partial charge in [0.2, 0.25) is 0 Å². The van der Waals surface area contributed by atoms with E-state index in [2.05, 4.69) is 16.0 Å². The zero-order valence-corrected chi connectivity index (χ0v) is 8.69. The maximum Gasteiger partial charge on any atom is 0.345 e. The van der Waals surface area contributed by atoms with Gasteiger partial charge in [0.15, 0.2) is 0 Å². The molecule has 0 saturated heterocycles. The summed E-state index contributed by atoms with van der Waals surface area (Å²) >= 11 is 0. The van der Waals surface area contributed by atoms with E-state index in [9.17, 15) is 4.79 Å². The molecule has 0 amide bonds. The van der Waals surface area contributed by atoms with Crippen molar-refractivity contribution in [1.29, 1.82) is 5.26 Å². The molecule has 2 rings (SSSR count). The molecule has 0 spiro atoms. The Hall–Kier alpha value is -2.41. The second kappa shape index (κ2) is 3.99. The monoisotopic (exact) mass is 211 g/mol. The number of nitriles is 1. The van der Waals surface area contributed by atoms with Crippen LogP contribution >= 0.6 is 0 Å². The summed E-state index contributed by atoms with van der Waals surface area (Å²) in [6.45, 7) is 1.86. The Bertz CT molecular complexity index is 623. The maximum atomic E-state index is 11.1. The first kappa shape index (κ1) is 10.1. The highest BCUT2D eigenvalue weighted by Gasteiger charge is 2.04. The molecular formula is C12H9N3O. The molecule has 4 nitrogen and oxygen atoms in total. The van der Waals surface area contributed by atoms with Gasteiger partial charge in [-0.1, -0.05) is 12.1 Å². The summed E-state index contributed by atoms with van der Waals surface area (Å²) in [5.41, 5.74) is 2.57. The van der Waals surface area contributed by atoms with Crippen molar-refractivity contribution in [3.63, 3.8) is 0 Å². The molecular weight excluding hydrogens is 202 g/mol. The van der Waals surface area contributed by atoms with Crippen LogP contribution in [0.15, 0.2) is 35.3 Å². The molecule has 78 valence electrons. The van der Waals surface area contributed by atoms with Gasteiger partial charge in [0.25, 0.3) is 0 Å². The number of H-pyrrole nitrogens is 1. The van der Waals surface area contributed by atoms with Crippen LogP contribution in [0.3, 0.4) is 0 Å². The van der Waals surface area contributed by atoms with E-state index in [1.165, 1.54) is 6.20 Å². The number of benzene rings is 1. The third-order valence-electron chi connectivity index (χ3n) is 2.28. The first-order valence-electron chi connectivity index (χ1n) is 4.77. The zero-order valence-electron chi connectivity index (χ0n) is 8.69. The van der Waals surface area contributed by atoms with Gasteiger partial charge < -0.3 is 4.98 Å². The van der Waals surface area contributed by atoms with E-state index in [0.717, 1.165) is 11.1 Å². The Morgan fingerprint density at radius 1 is 1.44 bits per heavy atom. The lowest BCUT2D eigenvalue weighted by Crippen LogP contribution is -2.11. The lowest BCUT2D eigenvalue weighted by molar-refractivity contribution is 1.06. The molecule has 0 unspecified atom stereocenters. The van der Waals surface area contributed by atoms with Crippen molar-refractivity contribution in [3.05, 3.63) is 52.1 Å². The van der Waals surface area contributed by atoms with Crippen LogP contribution < -0.4 is 5.69 Å². The second-order valence-corrected chi connectivity index (χ2v) is 3.44. The van der Waals surface area contributed by atoms with Crippen molar-refractivity contribution in [2.75, 3.05) is 0 Å². The lowest BCUT2D eigenvalue weighted by Gasteiger charge is -2.04. The molecule has 0 aliphatic heterocycles. The quantitative estimate of drug-likeness (QED) is 0.779. The minimum Gasteiger partial charge on any atom is -0.305 e. The zero-order chi connectivity index (χ0) is 11.5. The Balaban J connectivity index is 2.63. The van der Waals surface area contributed by atoms with Crippen LogP contribution in [0.5, 0.6) is 0 Å². The Morgan fingerprint density at radius 2 is 2.25 bits per heavy atom. The van der Waals surface area contributed by atoms with Gasteiger partial charge >= 0.3 is 5.69 Å². The predicted octanol–water partition coefficient (Wildman–Crippen LogP) is 1.62. The highest BCUT2D eigenvalue weighted by Crippen LogP contribution is 2.19. The van der Waals surface area contributed by atoms with Gasteiger partial charge in [-0.25, -0.2) is 9.78 Å². The highest BCUT2D eigenvalue weighted by molar-refractivity contribution is 5.63. The minimum absolute atomic E-state index is 0.386. The van der Waals surface area contributed by atoms with E-state index in [0.29, 0.717) is 11.3 Å². The van der Waals surface area contributed by atoms with Crippen LogP contribution in [0.4, 0.5) is 0 Å². The normalized spacial score (nSPS) is 9.75. The van der Waals surface area contributed by atoms with Crippen LogP contribution in [0.2, 0.25) is 0 Å². The Kier molecular flexibility index (Phi) is 2.52. The molecule has 4 heteroatoms. The van der Waals surface area contributed by atoms with Gasteiger partial charge in [0.1, 0.15) is 0 Å². The van der Waals surface area contributed by atoms with Crippen molar-refractivity contribution in [3.8, 4) is 17.3 Å². The van der Waals surface area contributed by atoms with Gasteiger partial charge in [-0.15, -0.1) is 0 Å². The van der Waals surface area contributed by atoms with E-state index < -0.39 is 0 Å². The first-order chi connectivity index (χ1) is 7.70. The van der Waals surface area contributed by atoms with Crippen LogP contribution in [0, 0.1) is 18.3 Å². The third kappa shape index (κ3) is 1.84. The molecule has 0 bridgehead atoms. The molecule has 0 aliphatic rings. The van der Waals surface area contributed by atoms with E-state index in [-0.39, 0.29) is 5.69 Å². The molecule has 1 N–H and O–H groups in total. The molecule has 0 saturated carbocycles. The number of nitrogens with one attached hydrogen (secondary N) is 1. The second-order valence-electron chi connectivity index (χ2n) is 3.44. The van der Waals surface area contributed by atoms with Crippen LogP contribution in [0.1, 0.15) is 11.1 Å². The van der Waals surface area contributed by atoms with Crippen molar-refractivity contribution < 1.29 is 0 Å². The average molecular weight is 211 g/mol. The smallest absolute Gasteiger partial charge is 0.305 e. The van der Waals surface area contributed by atoms with Crippen LogP contribution in [0.25, 0.3) is 11.3 Å². The largest absolute Gasteiger partial charge is 0.345 e. The van der Waals surface area contributed by atoms with Crippen molar-refractivity contribution in [2.24, 2.45) is 0 Å². The number of hydrogen-bond acceptors (Lipinski definition) is 3. The van der Waals surface area contributed by atoms with Gasteiger partial charge in [0.05, 0.1) is 17.3 Å². The fourth-order valence-electron chi connectivity index (χ4n) is 1.50. The van der Waals surface area contributed by atoms with Gasteiger partial charge in [-0.3, -0.25) is 0 Å². The standard InChI is InChI=1S/C12H9N3O/c1-8-7-14-12(16)15-11(8)10-4-2-3-9(5-10)6-13/h2-5,7H,1H3,(H,14,15,16). The molecule has 1 aromatic carbocycles. The highest BCUT2D eigenvalue weighted by atomic mass is 16.1. The fourth-order valence-corrected chi connectivity index (χ4v) is 1.50. The lowest BCUT2D eigenvalue weighted by atomic mass is 10.1. The molecule has 1 heterocycles. The number of aromatic amines is 1. The number of nitrogens with zero attached hydrogens (tertiary/aromatic N) is 2. The topological polar surface area (TPSA) is 69.5 Å². The molecule has 2 aromatic rings. The summed E-state index contributed by atoms with van der Waals surface area (Å²) in [7, 11) is 0. The molecule has 1 aromatic heterocycles. The summed E-state index contributed by atoms with van der Waals surface area (Å²) in [6.07, 6.45) is 1.52. The summed E-state index contributed by atoms with van der Waals surface area (Å²) in [4.78, 5) is 17.4. The summed E-state index contributed by atoms with van der Waals surface area (Å²) < 4.78 is 0. The number of hydrogen-bond donors (Lipinski definition) is 1. The number of rotatable bonds is 1. The van der Waals surface area contributed by atoms with E-state index in [1.54, 1.807) is 18.2 Å². The van der Waals surface area contributed by atoms with Crippen LogP contribution in [-0.4, -0.2) is 9.97 Å². The molecule has 0 aliphatic carbocycles. The minimum atomic E-state index is -0.386. The van der Waals surface area contributed by atoms with Crippen LogP contribution in [-0.2, 0) is 0 Å². The number of aryl methyl sites for hydroxylation is 1. The van der Waals surface area contributed by atoms with Crippen molar-refractivity contribution in [1.82, 2.24) is 9.97 Å². The van der Waals surface area contributed by atoms with E-state index in [4.69, 9.17) is 5.26 Å². The maximum absolute atomic E-state index is 11.1. The summed E-state index contributed by atoms with van der Waals surface area (Å²) in [5.74, 6) is 0. The van der Waals surface area contributed by atoms with Gasteiger partial charge in [-0.2, -0.15) is 5.26 Å². The third-order valence-corrected chi connectivity index (χ3v) is 2.28. The van der Waals surface area contributed by atoms with Gasteiger partial charge in [0, 0.05) is 6.20 Å². The van der Waals surface area contributed by atoms with E-state index in [1.807, 2.05) is 13.0 Å². The van der Waals surface area contributed by atoms with Crippen molar-refractivity contribution >= 4 is 0 Å². The summed E-state index contributed by atoms with van der Waals surface area (Å²) in [5, 5.41) is 8.80. The number of aromatic nitrogens is 2. The summed E-state index contributed by atoms with van der Waals surface area (Å²) in [6, 6.07) is 9.15. The molecule has 16 heavy (non-hydrogen) atoms. The Morgan fingerprint density at radius 3 is 3.00 bits per heavy atom. The first-order valence-corrected chi connectivity index (χ1v) is 4.77. The molecule has 0 radical (unpaired) electrons. The van der Waals surface area contributed by atoms with Gasteiger partial charge in [-0.05, 0) is 30.2 Å². The molecule has 0 atom stereocenters. The SMILES string of the molecule is Cc1cnc(=O)[nH]c1-c1cccc(C#N)c1. The fraction of sp³-hybridized carbons (Fsp3) is 0.0833. The average Bonchev–Trinajstić information content (AvgIpc) is 2.32. The predicted molar refractivity (Wildman–Crippen MR) is 59.7 cm³/mol.